The van der Waals surface area contributed by atoms with Crippen LogP contribution in [0.5, 0.6) is 0 Å². The topological polar surface area (TPSA) is 41.6 Å². The SMILES string of the molecule is CC(C)(C)C(=O)N1CCC(NCC2CCOC2)CC1. The van der Waals surface area contributed by atoms with Gasteiger partial charge in [0.25, 0.3) is 0 Å². The molecule has 2 fully saturated rings. The number of hydrogen-bond donors (Lipinski definition) is 1. The number of piperidine rings is 1. The van der Waals surface area contributed by atoms with E-state index in [9.17, 15) is 4.79 Å². The molecule has 0 aromatic rings. The summed E-state index contributed by atoms with van der Waals surface area (Å²) >= 11 is 0. The monoisotopic (exact) mass is 268 g/mol. The fourth-order valence-corrected chi connectivity index (χ4v) is 2.84. The third kappa shape index (κ3) is 4.18. The Labute approximate surface area is 116 Å². The van der Waals surface area contributed by atoms with Crippen molar-refractivity contribution in [2.75, 3.05) is 32.8 Å². The maximum atomic E-state index is 12.2. The third-order valence-corrected chi connectivity index (χ3v) is 4.14. The highest BCUT2D eigenvalue weighted by molar-refractivity contribution is 5.81. The summed E-state index contributed by atoms with van der Waals surface area (Å²) in [6.45, 7) is 10.7. The second kappa shape index (κ2) is 6.23. The van der Waals surface area contributed by atoms with Crippen molar-refractivity contribution in [2.24, 2.45) is 11.3 Å². The molecule has 1 unspecified atom stereocenters. The Balaban J connectivity index is 1.68. The molecule has 0 saturated carbocycles. The molecule has 4 heteroatoms. The van der Waals surface area contributed by atoms with Crippen molar-refractivity contribution in [3.05, 3.63) is 0 Å². The van der Waals surface area contributed by atoms with E-state index in [0.717, 1.165) is 45.7 Å². The number of nitrogens with zero attached hydrogens (tertiary/aromatic N) is 1. The van der Waals surface area contributed by atoms with E-state index in [-0.39, 0.29) is 11.3 Å². The van der Waals surface area contributed by atoms with Crippen LogP contribution in [-0.2, 0) is 9.53 Å². The molecule has 0 aromatic heterocycles. The molecule has 0 bridgehead atoms. The molecule has 0 aliphatic carbocycles. The van der Waals surface area contributed by atoms with E-state index < -0.39 is 0 Å². The van der Waals surface area contributed by atoms with Gasteiger partial charge in [0.1, 0.15) is 0 Å². The van der Waals surface area contributed by atoms with Gasteiger partial charge in [0, 0.05) is 37.7 Å². The summed E-state index contributed by atoms with van der Waals surface area (Å²) in [7, 11) is 0. The molecule has 19 heavy (non-hydrogen) atoms. The lowest BCUT2D eigenvalue weighted by molar-refractivity contribution is -0.140. The van der Waals surface area contributed by atoms with Gasteiger partial charge >= 0.3 is 0 Å². The Morgan fingerprint density at radius 1 is 1.26 bits per heavy atom. The smallest absolute Gasteiger partial charge is 0.227 e. The zero-order chi connectivity index (χ0) is 13.9. The van der Waals surface area contributed by atoms with Gasteiger partial charge in [-0.25, -0.2) is 0 Å². The fourth-order valence-electron chi connectivity index (χ4n) is 2.84. The standard InChI is InChI=1S/C15H28N2O2/c1-15(2,3)14(18)17-7-4-13(5-8-17)16-10-12-6-9-19-11-12/h12-13,16H,4-11H2,1-3H3. The summed E-state index contributed by atoms with van der Waals surface area (Å²) in [6, 6.07) is 0.574. The van der Waals surface area contributed by atoms with Crippen molar-refractivity contribution in [1.82, 2.24) is 10.2 Å². The number of nitrogens with one attached hydrogen (secondary N) is 1. The van der Waals surface area contributed by atoms with E-state index in [1.807, 2.05) is 25.7 Å². The maximum Gasteiger partial charge on any atom is 0.227 e. The number of ether oxygens (including phenoxy) is 1. The van der Waals surface area contributed by atoms with Crippen LogP contribution in [0.3, 0.4) is 0 Å². The van der Waals surface area contributed by atoms with Crippen LogP contribution in [0, 0.1) is 11.3 Å². The molecular formula is C15H28N2O2. The van der Waals surface area contributed by atoms with Crippen LogP contribution in [0.15, 0.2) is 0 Å². The summed E-state index contributed by atoms with van der Waals surface area (Å²) in [5.41, 5.74) is -0.249. The van der Waals surface area contributed by atoms with Gasteiger partial charge in [-0.3, -0.25) is 4.79 Å². The Morgan fingerprint density at radius 2 is 1.95 bits per heavy atom. The first-order chi connectivity index (χ1) is 8.97. The molecule has 2 aliphatic heterocycles. The molecule has 110 valence electrons. The average Bonchev–Trinajstić information content (AvgIpc) is 2.88. The van der Waals surface area contributed by atoms with Crippen LogP contribution in [-0.4, -0.2) is 49.7 Å². The van der Waals surface area contributed by atoms with E-state index in [0.29, 0.717) is 12.0 Å². The molecule has 2 saturated heterocycles. The molecule has 2 rings (SSSR count). The molecule has 2 aliphatic rings. The van der Waals surface area contributed by atoms with Crippen LogP contribution in [0.4, 0.5) is 0 Å². The summed E-state index contributed by atoms with van der Waals surface area (Å²) in [4.78, 5) is 14.2. The number of likely N-dealkylation sites (tertiary alicyclic amines) is 1. The van der Waals surface area contributed by atoms with E-state index >= 15 is 0 Å². The van der Waals surface area contributed by atoms with Gasteiger partial charge in [-0.2, -0.15) is 0 Å². The van der Waals surface area contributed by atoms with E-state index in [4.69, 9.17) is 4.74 Å². The molecule has 4 nitrogen and oxygen atoms in total. The molecule has 0 spiro atoms. The largest absolute Gasteiger partial charge is 0.381 e. The van der Waals surface area contributed by atoms with E-state index in [1.54, 1.807) is 0 Å². The van der Waals surface area contributed by atoms with Crippen LogP contribution >= 0.6 is 0 Å². The molecular weight excluding hydrogens is 240 g/mol. The third-order valence-electron chi connectivity index (χ3n) is 4.14. The fraction of sp³-hybridized carbons (Fsp3) is 0.933. The van der Waals surface area contributed by atoms with Crippen molar-refractivity contribution in [3.63, 3.8) is 0 Å². The Bertz CT molecular complexity index is 298. The molecule has 1 N–H and O–H groups in total. The first kappa shape index (κ1) is 14.8. The van der Waals surface area contributed by atoms with Crippen LogP contribution in [0.1, 0.15) is 40.0 Å². The van der Waals surface area contributed by atoms with Crippen molar-refractivity contribution in [3.8, 4) is 0 Å². The van der Waals surface area contributed by atoms with Gasteiger partial charge in [0.15, 0.2) is 0 Å². The summed E-state index contributed by atoms with van der Waals surface area (Å²) in [5.74, 6) is 0.976. The lowest BCUT2D eigenvalue weighted by Gasteiger charge is -2.36. The first-order valence-corrected chi connectivity index (χ1v) is 7.57. The zero-order valence-electron chi connectivity index (χ0n) is 12.6. The second-order valence-electron chi connectivity index (χ2n) is 6.95. The van der Waals surface area contributed by atoms with Crippen molar-refractivity contribution >= 4 is 5.91 Å². The van der Waals surface area contributed by atoms with Gasteiger partial charge in [-0.05, 0) is 25.2 Å². The second-order valence-corrected chi connectivity index (χ2v) is 6.95. The summed E-state index contributed by atoms with van der Waals surface area (Å²) < 4.78 is 5.39. The van der Waals surface area contributed by atoms with E-state index in [2.05, 4.69) is 5.32 Å². The Kier molecular flexibility index (Phi) is 4.85. The van der Waals surface area contributed by atoms with Gasteiger partial charge in [-0.1, -0.05) is 20.8 Å². The van der Waals surface area contributed by atoms with Gasteiger partial charge < -0.3 is 15.0 Å². The van der Waals surface area contributed by atoms with E-state index in [1.165, 1.54) is 6.42 Å². The van der Waals surface area contributed by atoms with Crippen molar-refractivity contribution in [2.45, 2.75) is 46.1 Å². The summed E-state index contributed by atoms with van der Waals surface area (Å²) in [6.07, 6.45) is 3.35. The predicted molar refractivity (Wildman–Crippen MR) is 76.0 cm³/mol. The highest BCUT2D eigenvalue weighted by Gasteiger charge is 2.30. The van der Waals surface area contributed by atoms with Crippen LogP contribution < -0.4 is 5.32 Å². The predicted octanol–water partition coefficient (Wildman–Crippen LogP) is 1.65. The number of rotatable bonds is 3. The molecule has 1 amide bonds. The van der Waals surface area contributed by atoms with Gasteiger partial charge in [0.2, 0.25) is 5.91 Å². The molecule has 1 atom stereocenters. The van der Waals surface area contributed by atoms with Crippen LogP contribution in [0.2, 0.25) is 0 Å². The van der Waals surface area contributed by atoms with Crippen molar-refractivity contribution < 1.29 is 9.53 Å². The van der Waals surface area contributed by atoms with Crippen molar-refractivity contribution in [1.29, 1.82) is 0 Å². The van der Waals surface area contributed by atoms with Gasteiger partial charge in [-0.15, -0.1) is 0 Å². The molecule has 0 radical (unpaired) electrons. The Morgan fingerprint density at radius 3 is 2.47 bits per heavy atom. The lowest BCUT2D eigenvalue weighted by Crippen LogP contribution is -2.48. The number of carbonyl (C=O) groups excluding carboxylic acids is 1. The zero-order valence-corrected chi connectivity index (χ0v) is 12.6. The van der Waals surface area contributed by atoms with Gasteiger partial charge in [0.05, 0.1) is 6.61 Å². The van der Waals surface area contributed by atoms with Crippen LogP contribution in [0.25, 0.3) is 0 Å². The minimum absolute atomic E-state index is 0.249. The summed E-state index contributed by atoms with van der Waals surface area (Å²) in [5, 5.41) is 3.64. The number of hydrogen-bond acceptors (Lipinski definition) is 3. The lowest BCUT2D eigenvalue weighted by atomic mass is 9.93. The first-order valence-electron chi connectivity index (χ1n) is 7.57. The maximum absolute atomic E-state index is 12.2. The highest BCUT2D eigenvalue weighted by atomic mass is 16.5. The highest BCUT2D eigenvalue weighted by Crippen LogP contribution is 2.21. The minimum atomic E-state index is -0.249. The quantitative estimate of drug-likeness (QED) is 0.846. The number of amides is 1. The normalized spacial score (nSPS) is 25.8. The average molecular weight is 268 g/mol. The Hall–Kier alpha value is -0.610. The minimum Gasteiger partial charge on any atom is -0.381 e. The molecule has 0 aromatic carbocycles. The molecule has 2 heterocycles. The number of carbonyl (C=O) groups is 1.